The van der Waals surface area contributed by atoms with Crippen LogP contribution < -0.4 is 4.74 Å². The second kappa shape index (κ2) is 5.28. The van der Waals surface area contributed by atoms with Crippen molar-refractivity contribution in [3.63, 3.8) is 0 Å². The molecule has 1 aromatic rings. The number of benzene rings is 1. The average Bonchev–Trinajstić information content (AvgIpc) is 2.57. The molecule has 1 saturated carbocycles. The molecule has 94 valence electrons. The van der Waals surface area contributed by atoms with Crippen molar-refractivity contribution in [2.75, 3.05) is 6.61 Å². The molecule has 0 aromatic heterocycles. The van der Waals surface area contributed by atoms with Crippen LogP contribution in [-0.4, -0.2) is 23.2 Å². The summed E-state index contributed by atoms with van der Waals surface area (Å²) >= 11 is 6.03. The summed E-state index contributed by atoms with van der Waals surface area (Å²) in [6.45, 7) is 4.63. The number of aliphatic hydroxyl groups excluding tert-OH is 1. The molecular formula is C14H19ClO2. The molecule has 1 aliphatic carbocycles. The predicted molar refractivity (Wildman–Crippen MR) is 69.8 cm³/mol. The maximum atomic E-state index is 9.81. The maximum Gasteiger partial charge on any atom is 0.125 e. The molecule has 0 bridgehead atoms. The summed E-state index contributed by atoms with van der Waals surface area (Å²) < 4.78 is 5.85. The van der Waals surface area contributed by atoms with Gasteiger partial charge in [-0.2, -0.15) is 0 Å². The number of hydrogen-bond acceptors (Lipinski definition) is 2. The van der Waals surface area contributed by atoms with Crippen molar-refractivity contribution in [2.24, 2.45) is 5.92 Å². The van der Waals surface area contributed by atoms with Gasteiger partial charge in [0, 0.05) is 11.3 Å². The van der Waals surface area contributed by atoms with Crippen LogP contribution in [0.2, 0.25) is 0 Å². The standard InChI is InChI=1S/C14H19ClO2/c1-9-4-3-5-10(2)14(9)17-8-11-6-12(15)7-13(11)16/h3-5,11-13,16H,6-8H2,1-2H3/t11-,12-,13+/m0/s1. The van der Waals surface area contributed by atoms with Crippen molar-refractivity contribution in [1.29, 1.82) is 0 Å². The van der Waals surface area contributed by atoms with Gasteiger partial charge in [0.2, 0.25) is 0 Å². The van der Waals surface area contributed by atoms with Crippen LogP contribution in [0.1, 0.15) is 24.0 Å². The van der Waals surface area contributed by atoms with Crippen LogP contribution >= 0.6 is 11.6 Å². The summed E-state index contributed by atoms with van der Waals surface area (Å²) in [5.74, 6) is 1.11. The fraction of sp³-hybridized carbons (Fsp3) is 0.571. The Balaban J connectivity index is 1.98. The molecular weight excluding hydrogens is 236 g/mol. The van der Waals surface area contributed by atoms with Gasteiger partial charge in [-0.25, -0.2) is 0 Å². The Morgan fingerprint density at radius 3 is 2.47 bits per heavy atom. The summed E-state index contributed by atoms with van der Waals surface area (Å²) in [5.41, 5.74) is 2.28. The first-order valence-electron chi connectivity index (χ1n) is 6.09. The summed E-state index contributed by atoms with van der Waals surface area (Å²) in [5, 5.41) is 9.91. The lowest BCUT2D eigenvalue weighted by Crippen LogP contribution is -2.20. The number of ether oxygens (including phenoxy) is 1. The molecule has 3 heteroatoms. The van der Waals surface area contributed by atoms with E-state index in [0.717, 1.165) is 23.3 Å². The van der Waals surface area contributed by atoms with Gasteiger partial charge in [-0.05, 0) is 37.8 Å². The van der Waals surface area contributed by atoms with Crippen LogP contribution in [0.3, 0.4) is 0 Å². The van der Waals surface area contributed by atoms with Gasteiger partial charge in [0.15, 0.2) is 0 Å². The fourth-order valence-corrected chi connectivity index (χ4v) is 2.84. The first kappa shape index (κ1) is 12.7. The Morgan fingerprint density at radius 2 is 1.94 bits per heavy atom. The summed E-state index contributed by atoms with van der Waals surface area (Å²) in [7, 11) is 0. The molecule has 2 nitrogen and oxygen atoms in total. The number of halogens is 1. The summed E-state index contributed by atoms with van der Waals surface area (Å²) in [4.78, 5) is 0. The predicted octanol–water partition coefficient (Wildman–Crippen LogP) is 3.06. The molecule has 0 heterocycles. The Morgan fingerprint density at radius 1 is 1.29 bits per heavy atom. The molecule has 0 unspecified atom stereocenters. The number of aliphatic hydroxyl groups is 1. The minimum atomic E-state index is -0.318. The van der Waals surface area contributed by atoms with Crippen molar-refractivity contribution in [1.82, 2.24) is 0 Å². The monoisotopic (exact) mass is 254 g/mol. The van der Waals surface area contributed by atoms with Gasteiger partial charge in [-0.15, -0.1) is 11.6 Å². The van der Waals surface area contributed by atoms with E-state index in [4.69, 9.17) is 16.3 Å². The first-order chi connectivity index (χ1) is 8.08. The van der Waals surface area contributed by atoms with E-state index < -0.39 is 0 Å². The third-order valence-corrected chi connectivity index (χ3v) is 3.81. The van der Waals surface area contributed by atoms with Crippen LogP contribution in [-0.2, 0) is 0 Å². The van der Waals surface area contributed by atoms with E-state index in [2.05, 4.69) is 0 Å². The number of aryl methyl sites for hydroxylation is 2. The van der Waals surface area contributed by atoms with Gasteiger partial charge in [-0.1, -0.05) is 18.2 Å². The fourth-order valence-electron chi connectivity index (χ4n) is 2.43. The molecule has 17 heavy (non-hydrogen) atoms. The average molecular weight is 255 g/mol. The van der Waals surface area contributed by atoms with Gasteiger partial charge in [0.1, 0.15) is 5.75 Å². The van der Waals surface area contributed by atoms with E-state index in [1.807, 2.05) is 32.0 Å². The van der Waals surface area contributed by atoms with Crippen LogP contribution in [0.4, 0.5) is 0 Å². The van der Waals surface area contributed by atoms with Crippen molar-refractivity contribution < 1.29 is 9.84 Å². The molecule has 0 saturated heterocycles. The molecule has 2 rings (SSSR count). The van der Waals surface area contributed by atoms with Gasteiger partial charge in [0.25, 0.3) is 0 Å². The highest BCUT2D eigenvalue weighted by Gasteiger charge is 2.32. The zero-order valence-electron chi connectivity index (χ0n) is 10.3. The normalized spacial score (nSPS) is 28.4. The quantitative estimate of drug-likeness (QED) is 0.840. The minimum Gasteiger partial charge on any atom is -0.493 e. The largest absolute Gasteiger partial charge is 0.493 e. The molecule has 1 aliphatic rings. The van der Waals surface area contributed by atoms with Gasteiger partial charge < -0.3 is 9.84 Å². The number of para-hydroxylation sites is 1. The van der Waals surface area contributed by atoms with Gasteiger partial charge in [0.05, 0.1) is 12.7 Å². The molecule has 0 amide bonds. The maximum absolute atomic E-state index is 9.81. The first-order valence-corrected chi connectivity index (χ1v) is 6.52. The lowest BCUT2D eigenvalue weighted by atomic mass is 10.1. The molecule has 0 radical (unpaired) electrons. The Kier molecular flexibility index (Phi) is 3.95. The van der Waals surface area contributed by atoms with E-state index in [1.54, 1.807) is 0 Å². The van der Waals surface area contributed by atoms with E-state index in [9.17, 15) is 5.11 Å². The Labute approximate surface area is 108 Å². The van der Waals surface area contributed by atoms with E-state index in [-0.39, 0.29) is 17.4 Å². The highest BCUT2D eigenvalue weighted by molar-refractivity contribution is 6.20. The zero-order valence-corrected chi connectivity index (χ0v) is 11.1. The Hall–Kier alpha value is -0.730. The summed E-state index contributed by atoms with van der Waals surface area (Å²) in [6, 6.07) is 6.10. The summed E-state index contributed by atoms with van der Waals surface area (Å²) in [6.07, 6.45) is 1.21. The van der Waals surface area contributed by atoms with E-state index >= 15 is 0 Å². The van der Waals surface area contributed by atoms with Crippen molar-refractivity contribution >= 4 is 11.6 Å². The van der Waals surface area contributed by atoms with Crippen molar-refractivity contribution in [3.8, 4) is 5.75 Å². The number of alkyl halides is 1. The second-order valence-corrected chi connectivity index (χ2v) is 5.55. The van der Waals surface area contributed by atoms with Gasteiger partial charge in [-0.3, -0.25) is 0 Å². The Bertz CT molecular complexity index is 372. The van der Waals surface area contributed by atoms with Crippen LogP contribution in [0, 0.1) is 19.8 Å². The molecule has 1 fully saturated rings. The lowest BCUT2D eigenvalue weighted by Gasteiger charge is -2.17. The smallest absolute Gasteiger partial charge is 0.125 e. The van der Waals surface area contributed by atoms with Crippen LogP contribution in [0.15, 0.2) is 18.2 Å². The minimum absolute atomic E-state index is 0.0940. The van der Waals surface area contributed by atoms with E-state index in [1.165, 1.54) is 0 Å². The van der Waals surface area contributed by atoms with Crippen molar-refractivity contribution in [2.45, 2.75) is 38.2 Å². The highest BCUT2D eigenvalue weighted by Crippen LogP contribution is 2.31. The third kappa shape index (κ3) is 2.93. The molecule has 0 aliphatic heterocycles. The topological polar surface area (TPSA) is 29.5 Å². The lowest BCUT2D eigenvalue weighted by molar-refractivity contribution is 0.0981. The van der Waals surface area contributed by atoms with Gasteiger partial charge >= 0.3 is 0 Å². The van der Waals surface area contributed by atoms with Crippen molar-refractivity contribution in [3.05, 3.63) is 29.3 Å². The van der Waals surface area contributed by atoms with Crippen LogP contribution in [0.25, 0.3) is 0 Å². The number of rotatable bonds is 3. The second-order valence-electron chi connectivity index (χ2n) is 4.93. The SMILES string of the molecule is Cc1cccc(C)c1OC[C@@H]1C[C@H](Cl)C[C@H]1O. The third-order valence-electron chi connectivity index (χ3n) is 3.45. The zero-order chi connectivity index (χ0) is 12.4. The highest BCUT2D eigenvalue weighted by atomic mass is 35.5. The number of hydrogen-bond donors (Lipinski definition) is 1. The molecule has 3 atom stereocenters. The molecule has 1 aromatic carbocycles. The van der Waals surface area contributed by atoms with Crippen LogP contribution in [0.5, 0.6) is 5.75 Å². The molecule has 0 spiro atoms. The molecule has 1 N–H and O–H groups in total. The van der Waals surface area contributed by atoms with E-state index in [0.29, 0.717) is 13.0 Å².